The highest BCUT2D eigenvalue weighted by Crippen LogP contribution is 2.20. The van der Waals surface area contributed by atoms with Gasteiger partial charge in [0.2, 0.25) is 5.78 Å². The summed E-state index contributed by atoms with van der Waals surface area (Å²) >= 11 is 0. The predicted molar refractivity (Wildman–Crippen MR) is 125 cm³/mol. The van der Waals surface area contributed by atoms with Crippen LogP contribution in [-0.2, 0) is 30.3 Å². The number of ether oxygens (including phenoxy) is 2. The van der Waals surface area contributed by atoms with E-state index in [0.29, 0.717) is 12.6 Å². The maximum Gasteiger partial charge on any atom is 0.491 e. The monoisotopic (exact) mass is 557 g/mol. The molecule has 3 rings (SSSR count). The smallest absolute Gasteiger partial charge is 0.491 e. The summed E-state index contributed by atoms with van der Waals surface area (Å²) in [5.74, 6) is -5.52. The molecule has 4 N–H and O–H groups in total. The van der Waals surface area contributed by atoms with E-state index in [1.54, 1.807) is 18.2 Å². The van der Waals surface area contributed by atoms with Crippen LogP contribution in [0.2, 0.25) is 0 Å². The first-order valence-corrected chi connectivity index (χ1v) is 10.3. The van der Waals surface area contributed by atoms with Crippen molar-refractivity contribution in [1.82, 2.24) is 0 Å². The summed E-state index contributed by atoms with van der Waals surface area (Å²) in [6, 6.07) is 11.7. The third-order valence-corrected chi connectivity index (χ3v) is 3.76. The lowest BCUT2D eigenvalue weighted by Gasteiger charge is -2.04. The number of ketones is 1. The molecule has 1 saturated heterocycles. The molecular formula is C24H29F6NO7. The SMILES string of the molecule is C.C1CCOC1.CC(=O)OC(=O)C(F)(F)F.Nc1cccc(O)c1.O=C(Cc1cccc(O)c1)C(F)(F)F. The third-order valence-electron chi connectivity index (χ3n) is 3.76. The van der Waals surface area contributed by atoms with Gasteiger partial charge in [0.1, 0.15) is 11.5 Å². The number of nitrogens with two attached hydrogens (primary N) is 1. The van der Waals surface area contributed by atoms with Crippen LogP contribution in [0, 0.1) is 0 Å². The van der Waals surface area contributed by atoms with E-state index in [-0.39, 0.29) is 24.5 Å². The average Bonchev–Trinajstić information content (AvgIpc) is 3.33. The van der Waals surface area contributed by atoms with Crippen molar-refractivity contribution in [2.45, 2.75) is 46.0 Å². The van der Waals surface area contributed by atoms with Gasteiger partial charge in [-0.2, -0.15) is 26.3 Å². The van der Waals surface area contributed by atoms with Crippen LogP contribution in [0.25, 0.3) is 0 Å². The molecule has 2 aromatic rings. The lowest BCUT2D eigenvalue weighted by Crippen LogP contribution is -2.26. The normalized spacial score (nSPS) is 12.1. The number of rotatable bonds is 2. The van der Waals surface area contributed by atoms with Crippen LogP contribution in [-0.4, -0.2) is 53.5 Å². The zero-order chi connectivity index (χ0) is 28.6. The number of hydrogen-bond donors (Lipinski definition) is 3. The van der Waals surface area contributed by atoms with Gasteiger partial charge in [0.05, 0.1) is 0 Å². The van der Waals surface area contributed by atoms with Crippen LogP contribution in [0.4, 0.5) is 32.0 Å². The second kappa shape index (κ2) is 17.6. The van der Waals surface area contributed by atoms with Gasteiger partial charge in [-0.3, -0.25) is 9.59 Å². The van der Waals surface area contributed by atoms with E-state index < -0.39 is 36.5 Å². The van der Waals surface area contributed by atoms with Gasteiger partial charge in [-0.05, 0) is 42.7 Å². The molecule has 1 heterocycles. The Hall–Kier alpha value is -3.81. The molecule has 214 valence electrons. The fraction of sp³-hybridized carbons (Fsp3) is 0.375. The highest BCUT2D eigenvalue weighted by molar-refractivity contribution is 5.87. The zero-order valence-electron chi connectivity index (χ0n) is 19.4. The molecule has 8 nitrogen and oxygen atoms in total. The van der Waals surface area contributed by atoms with Gasteiger partial charge in [-0.15, -0.1) is 0 Å². The molecule has 1 fully saturated rings. The highest BCUT2D eigenvalue weighted by atomic mass is 19.4. The summed E-state index contributed by atoms with van der Waals surface area (Å²) in [6.07, 6.45) is -8.09. The number of carbonyl (C=O) groups is 3. The van der Waals surface area contributed by atoms with Crippen LogP contribution in [0.3, 0.4) is 0 Å². The molecule has 0 saturated carbocycles. The predicted octanol–water partition coefficient (Wildman–Crippen LogP) is 5.11. The fourth-order valence-electron chi connectivity index (χ4n) is 2.18. The Labute approximate surface area is 215 Å². The average molecular weight is 557 g/mol. The number of aromatic hydroxyl groups is 2. The summed E-state index contributed by atoms with van der Waals surface area (Å²) < 4.78 is 77.2. The van der Waals surface area contributed by atoms with Crippen molar-refractivity contribution in [3.05, 3.63) is 54.1 Å². The Bertz CT molecular complexity index is 981. The minimum absolute atomic E-state index is 0. The van der Waals surface area contributed by atoms with Gasteiger partial charge in [-0.25, -0.2) is 4.79 Å². The first-order chi connectivity index (χ1) is 17.0. The van der Waals surface area contributed by atoms with Gasteiger partial charge < -0.3 is 25.4 Å². The molecule has 0 atom stereocenters. The number of nitrogen functional groups attached to an aromatic ring is 1. The summed E-state index contributed by atoms with van der Waals surface area (Å²) in [7, 11) is 0. The van der Waals surface area contributed by atoms with Gasteiger partial charge in [0.15, 0.2) is 0 Å². The quantitative estimate of drug-likeness (QED) is 0.201. The van der Waals surface area contributed by atoms with Gasteiger partial charge in [-0.1, -0.05) is 25.6 Å². The lowest BCUT2D eigenvalue weighted by molar-refractivity contribution is -0.201. The van der Waals surface area contributed by atoms with Crippen molar-refractivity contribution in [2.75, 3.05) is 18.9 Å². The van der Waals surface area contributed by atoms with Gasteiger partial charge in [0.25, 0.3) is 0 Å². The first kappa shape index (κ1) is 36.3. The number of halogens is 6. The first-order valence-electron chi connectivity index (χ1n) is 10.3. The third kappa shape index (κ3) is 18.5. The second-order valence-corrected chi connectivity index (χ2v) is 7.06. The molecule has 0 amide bonds. The minimum atomic E-state index is -5.09. The minimum Gasteiger partial charge on any atom is -0.508 e. The number of esters is 2. The number of phenolic OH excluding ortho intramolecular Hbond substituents is 2. The molecule has 0 aromatic heterocycles. The topological polar surface area (TPSA) is 136 Å². The molecule has 14 heteroatoms. The number of phenols is 2. The van der Waals surface area contributed by atoms with E-state index in [2.05, 4.69) is 4.74 Å². The summed E-state index contributed by atoms with van der Waals surface area (Å²) in [5.41, 5.74) is 6.03. The molecule has 0 unspecified atom stereocenters. The molecule has 1 aliphatic rings. The molecule has 38 heavy (non-hydrogen) atoms. The Morgan fingerprint density at radius 2 is 1.39 bits per heavy atom. The Morgan fingerprint density at radius 3 is 1.68 bits per heavy atom. The van der Waals surface area contributed by atoms with E-state index in [9.17, 15) is 40.7 Å². The number of alkyl halides is 6. The molecule has 0 aliphatic carbocycles. The van der Waals surface area contributed by atoms with E-state index >= 15 is 0 Å². The molecule has 0 radical (unpaired) electrons. The molecule has 0 bridgehead atoms. The van der Waals surface area contributed by atoms with E-state index in [1.165, 1.54) is 37.1 Å². The standard InChI is InChI=1S/C9H7F3O2.C6H7NO.C4H3F3O3.C4H8O.CH4/c10-9(11,12)8(14)5-6-2-1-3-7(13)4-6;7-5-2-1-3-6(8)4-5;1-2(8)10-3(9)4(5,6)7;1-2-4-5-3-1;/h1-4,13H,5H2;1-4,8H,7H2;1H3;1-4H2;1H4. The Balaban J connectivity index is 0. The van der Waals surface area contributed by atoms with Crippen molar-refractivity contribution in [3.8, 4) is 11.5 Å². The van der Waals surface area contributed by atoms with E-state index in [1.807, 2.05) is 0 Å². The molecule has 2 aromatic carbocycles. The highest BCUT2D eigenvalue weighted by Gasteiger charge is 2.41. The van der Waals surface area contributed by atoms with E-state index in [4.69, 9.17) is 20.7 Å². The van der Waals surface area contributed by atoms with Crippen LogP contribution in [0.5, 0.6) is 11.5 Å². The number of Topliss-reactive ketones (excluding diaryl/α,β-unsaturated/α-hetero) is 1. The van der Waals surface area contributed by atoms with Crippen molar-refractivity contribution in [1.29, 1.82) is 0 Å². The van der Waals surface area contributed by atoms with Crippen LogP contribution in [0.15, 0.2) is 48.5 Å². The molecular weight excluding hydrogens is 528 g/mol. The van der Waals surface area contributed by atoms with Crippen molar-refractivity contribution >= 4 is 23.4 Å². The second-order valence-electron chi connectivity index (χ2n) is 7.06. The van der Waals surface area contributed by atoms with Gasteiger partial charge in [0, 0.05) is 38.3 Å². The van der Waals surface area contributed by atoms with Gasteiger partial charge >= 0.3 is 24.3 Å². The molecule has 0 spiro atoms. The molecule has 1 aliphatic heterocycles. The summed E-state index contributed by atoms with van der Waals surface area (Å²) in [4.78, 5) is 30.0. The van der Waals surface area contributed by atoms with Crippen molar-refractivity contribution in [2.24, 2.45) is 0 Å². The number of benzene rings is 2. The maximum atomic E-state index is 11.8. The summed E-state index contributed by atoms with van der Waals surface area (Å²) in [5, 5.41) is 17.7. The van der Waals surface area contributed by atoms with Crippen molar-refractivity contribution < 1.29 is 60.4 Å². The van der Waals surface area contributed by atoms with E-state index in [0.717, 1.165) is 19.3 Å². The number of anilines is 1. The number of carbonyl (C=O) groups excluding carboxylic acids is 3. The lowest BCUT2D eigenvalue weighted by atomic mass is 10.1. The summed E-state index contributed by atoms with van der Waals surface area (Å²) in [6.45, 7) is 2.71. The fourth-order valence-corrected chi connectivity index (χ4v) is 2.18. The zero-order valence-corrected chi connectivity index (χ0v) is 19.4. The van der Waals surface area contributed by atoms with Crippen molar-refractivity contribution in [3.63, 3.8) is 0 Å². The largest absolute Gasteiger partial charge is 0.508 e. The Morgan fingerprint density at radius 1 is 0.895 bits per heavy atom. The van der Waals surface area contributed by atoms with Crippen LogP contribution < -0.4 is 5.73 Å². The van der Waals surface area contributed by atoms with Crippen LogP contribution in [0.1, 0.15) is 32.8 Å². The Kier molecular flexibility index (Phi) is 16.8. The number of hydrogen-bond acceptors (Lipinski definition) is 8. The van der Waals surface area contributed by atoms with Crippen LogP contribution >= 0.6 is 0 Å². The maximum absolute atomic E-state index is 11.8.